The second kappa shape index (κ2) is 7.22. The van der Waals surface area contributed by atoms with E-state index in [1.807, 2.05) is 0 Å². The number of hydrogen-bond acceptors (Lipinski definition) is 2. The number of piperidine rings is 1. The highest BCUT2D eigenvalue weighted by atomic mass is 35.5. The van der Waals surface area contributed by atoms with Crippen molar-refractivity contribution in [3.05, 3.63) is 0 Å². The monoisotopic (exact) mass is 260 g/mol. The molecule has 2 rings (SSSR count). The van der Waals surface area contributed by atoms with Crippen LogP contribution in [0.3, 0.4) is 0 Å². The Morgan fingerprint density at radius 1 is 1.35 bits per heavy atom. The van der Waals surface area contributed by atoms with Crippen molar-refractivity contribution in [1.82, 2.24) is 10.6 Å². The van der Waals surface area contributed by atoms with Crippen LogP contribution < -0.4 is 10.6 Å². The quantitative estimate of drug-likeness (QED) is 0.813. The van der Waals surface area contributed by atoms with Crippen molar-refractivity contribution < 1.29 is 4.79 Å². The van der Waals surface area contributed by atoms with E-state index in [-0.39, 0.29) is 18.3 Å². The molecule has 1 amide bonds. The van der Waals surface area contributed by atoms with E-state index in [1.165, 1.54) is 25.7 Å². The molecule has 0 aromatic rings. The van der Waals surface area contributed by atoms with Gasteiger partial charge in [0.15, 0.2) is 0 Å². The molecule has 2 fully saturated rings. The van der Waals surface area contributed by atoms with Crippen LogP contribution >= 0.6 is 12.4 Å². The van der Waals surface area contributed by atoms with Crippen molar-refractivity contribution in [2.75, 3.05) is 13.1 Å². The fourth-order valence-electron chi connectivity index (χ4n) is 2.58. The highest BCUT2D eigenvalue weighted by Crippen LogP contribution is 2.30. The first-order valence-electron chi connectivity index (χ1n) is 6.76. The lowest BCUT2D eigenvalue weighted by atomic mass is 9.82. The third-order valence-corrected chi connectivity index (χ3v) is 4.18. The third kappa shape index (κ3) is 4.47. The minimum Gasteiger partial charge on any atom is -0.352 e. The average molecular weight is 261 g/mol. The summed E-state index contributed by atoms with van der Waals surface area (Å²) in [5.74, 6) is 1.72. The predicted molar refractivity (Wildman–Crippen MR) is 72.4 cm³/mol. The highest BCUT2D eigenvalue weighted by Gasteiger charge is 2.23. The van der Waals surface area contributed by atoms with Crippen molar-refractivity contribution in [2.24, 2.45) is 11.8 Å². The lowest BCUT2D eigenvalue weighted by molar-refractivity contribution is -0.122. The summed E-state index contributed by atoms with van der Waals surface area (Å²) in [6.07, 6.45) is 7.06. The zero-order valence-corrected chi connectivity index (χ0v) is 11.5. The Labute approximate surface area is 111 Å². The standard InChI is InChI=1S/C13H24N2O.ClH/c1-10-7-8-14-9-12(10)15-13(16)6-5-11-3-2-4-11;/h10-12,14H,2-9H2,1H3,(H,15,16);1H. The average Bonchev–Trinajstić information content (AvgIpc) is 2.19. The number of amides is 1. The zero-order valence-electron chi connectivity index (χ0n) is 10.7. The molecule has 2 aliphatic rings. The van der Waals surface area contributed by atoms with Crippen LogP contribution in [0.25, 0.3) is 0 Å². The fraction of sp³-hybridized carbons (Fsp3) is 0.923. The third-order valence-electron chi connectivity index (χ3n) is 4.18. The van der Waals surface area contributed by atoms with E-state index in [0.717, 1.165) is 31.8 Å². The first-order valence-corrected chi connectivity index (χ1v) is 6.76. The van der Waals surface area contributed by atoms with Gasteiger partial charge < -0.3 is 10.6 Å². The van der Waals surface area contributed by atoms with E-state index in [2.05, 4.69) is 17.6 Å². The van der Waals surface area contributed by atoms with Crippen LogP contribution in [0, 0.1) is 11.8 Å². The number of rotatable bonds is 4. The molecule has 17 heavy (non-hydrogen) atoms. The Bertz CT molecular complexity index is 244. The van der Waals surface area contributed by atoms with E-state index in [1.54, 1.807) is 0 Å². The Balaban J connectivity index is 0.00000144. The van der Waals surface area contributed by atoms with Gasteiger partial charge in [0.05, 0.1) is 0 Å². The van der Waals surface area contributed by atoms with Crippen LogP contribution in [0.5, 0.6) is 0 Å². The van der Waals surface area contributed by atoms with Crippen LogP contribution in [0.4, 0.5) is 0 Å². The Morgan fingerprint density at radius 2 is 2.12 bits per heavy atom. The maximum absolute atomic E-state index is 11.8. The van der Waals surface area contributed by atoms with Gasteiger partial charge in [0.2, 0.25) is 5.91 Å². The lowest BCUT2D eigenvalue weighted by Gasteiger charge is -2.31. The normalized spacial score (nSPS) is 29.0. The van der Waals surface area contributed by atoms with Gasteiger partial charge in [-0.15, -0.1) is 12.4 Å². The number of carbonyl (C=O) groups is 1. The van der Waals surface area contributed by atoms with Gasteiger partial charge in [-0.05, 0) is 31.2 Å². The molecule has 2 unspecified atom stereocenters. The fourth-order valence-corrected chi connectivity index (χ4v) is 2.58. The van der Waals surface area contributed by atoms with E-state index in [4.69, 9.17) is 0 Å². The number of hydrogen-bond donors (Lipinski definition) is 2. The SMILES string of the molecule is CC1CCNCC1NC(=O)CCC1CCC1.Cl. The van der Waals surface area contributed by atoms with Crippen molar-refractivity contribution in [3.8, 4) is 0 Å². The second-order valence-corrected chi connectivity index (χ2v) is 5.48. The van der Waals surface area contributed by atoms with Crippen molar-refractivity contribution in [3.63, 3.8) is 0 Å². The largest absolute Gasteiger partial charge is 0.352 e. The number of nitrogens with one attached hydrogen (secondary N) is 2. The Hall–Kier alpha value is -0.280. The molecule has 0 radical (unpaired) electrons. The van der Waals surface area contributed by atoms with Crippen molar-refractivity contribution in [1.29, 1.82) is 0 Å². The van der Waals surface area contributed by atoms with Gasteiger partial charge in [-0.3, -0.25) is 4.79 Å². The molecule has 4 heteroatoms. The maximum Gasteiger partial charge on any atom is 0.220 e. The van der Waals surface area contributed by atoms with Crippen LogP contribution in [0.1, 0.15) is 45.4 Å². The molecule has 2 atom stereocenters. The summed E-state index contributed by atoms with van der Waals surface area (Å²) in [4.78, 5) is 11.8. The van der Waals surface area contributed by atoms with Crippen molar-refractivity contribution >= 4 is 18.3 Å². The summed E-state index contributed by atoms with van der Waals surface area (Å²) in [7, 11) is 0. The smallest absolute Gasteiger partial charge is 0.220 e. The molecule has 0 aromatic carbocycles. The van der Waals surface area contributed by atoms with Gasteiger partial charge in [-0.25, -0.2) is 0 Å². The Kier molecular flexibility index (Phi) is 6.28. The van der Waals surface area contributed by atoms with E-state index in [0.29, 0.717) is 12.0 Å². The molecule has 0 bridgehead atoms. The van der Waals surface area contributed by atoms with Gasteiger partial charge in [0.1, 0.15) is 0 Å². The van der Waals surface area contributed by atoms with Gasteiger partial charge in [-0.1, -0.05) is 26.2 Å². The minimum absolute atomic E-state index is 0. The number of carbonyl (C=O) groups excluding carboxylic acids is 1. The van der Waals surface area contributed by atoms with Gasteiger partial charge in [-0.2, -0.15) is 0 Å². The van der Waals surface area contributed by atoms with Crippen molar-refractivity contribution in [2.45, 2.75) is 51.5 Å². The summed E-state index contributed by atoms with van der Waals surface area (Å²) in [6.45, 7) is 4.27. The Morgan fingerprint density at radius 3 is 2.71 bits per heavy atom. The molecule has 1 aliphatic heterocycles. The zero-order chi connectivity index (χ0) is 11.4. The predicted octanol–water partition coefficient (Wildman–Crippen LogP) is 2.10. The summed E-state index contributed by atoms with van der Waals surface area (Å²) in [6, 6.07) is 0.350. The van der Waals surface area contributed by atoms with E-state index in [9.17, 15) is 4.79 Å². The van der Waals surface area contributed by atoms with E-state index < -0.39 is 0 Å². The highest BCUT2D eigenvalue weighted by molar-refractivity contribution is 5.85. The van der Waals surface area contributed by atoms with E-state index >= 15 is 0 Å². The maximum atomic E-state index is 11.8. The molecule has 1 saturated carbocycles. The molecule has 1 heterocycles. The summed E-state index contributed by atoms with van der Waals surface area (Å²) in [5, 5.41) is 6.51. The summed E-state index contributed by atoms with van der Waals surface area (Å²) in [5.41, 5.74) is 0. The molecule has 3 nitrogen and oxygen atoms in total. The molecule has 1 saturated heterocycles. The van der Waals surface area contributed by atoms with Gasteiger partial charge >= 0.3 is 0 Å². The molecular weight excluding hydrogens is 236 g/mol. The summed E-state index contributed by atoms with van der Waals surface area (Å²) < 4.78 is 0. The van der Waals surface area contributed by atoms with Crippen LogP contribution in [0.15, 0.2) is 0 Å². The molecule has 100 valence electrons. The van der Waals surface area contributed by atoms with Gasteiger partial charge in [0, 0.05) is 19.0 Å². The first kappa shape index (κ1) is 14.8. The summed E-state index contributed by atoms with van der Waals surface area (Å²) >= 11 is 0. The number of halogens is 1. The van der Waals surface area contributed by atoms with Crippen LogP contribution in [-0.4, -0.2) is 25.0 Å². The minimum atomic E-state index is 0. The van der Waals surface area contributed by atoms with Gasteiger partial charge in [0.25, 0.3) is 0 Å². The topological polar surface area (TPSA) is 41.1 Å². The molecule has 0 spiro atoms. The van der Waals surface area contributed by atoms with Crippen LogP contribution in [0.2, 0.25) is 0 Å². The molecule has 1 aliphatic carbocycles. The molecule has 2 N–H and O–H groups in total. The van der Waals surface area contributed by atoms with Crippen LogP contribution in [-0.2, 0) is 4.79 Å². The molecular formula is C13H25ClN2O. The first-order chi connectivity index (χ1) is 7.75. The second-order valence-electron chi connectivity index (χ2n) is 5.48. The molecule has 0 aromatic heterocycles. The lowest BCUT2D eigenvalue weighted by Crippen LogP contribution is -2.50.